The van der Waals surface area contributed by atoms with Gasteiger partial charge in [0.05, 0.1) is 0 Å². The van der Waals surface area contributed by atoms with Gasteiger partial charge in [0.2, 0.25) is 0 Å². The largest absolute Gasteiger partial charge is 4.00 e. The second-order valence-electron chi connectivity index (χ2n) is 3.60. The summed E-state index contributed by atoms with van der Waals surface area (Å²) in [6, 6.07) is 0. The van der Waals surface area contributed by atoms with E-state index in [0.717, 1.165) is 20.8 Å². The van der Waals surface area contributed by atoms with E-state index in [2.05, 4.69) is 0 Å². The van der Waals surface area contributed by atoms with Crippen LogP contribution in [0.2, 0.25) is 0 Å². The Balaban J connectivity index is -0.0000000331. The molecule has 8 nitrogen and oxygen atoms in total. The first-order valence-electron chi connectivity index (χ1n) is 5.53. The van der Waals surface area contributed by atoms with Crippen LogP contribution in [0.3, 0.4) is 0 Å². The van der Waals surface area contributed by atoms with E-state index in [1.54, 1.807) is 27.7 Å². The summed E-state index contributed by atoms with van der Waals surface area (Å²) >= 11 is 0. The summed E-state index contributed by atoms with van der Waals surface area (Å²) < 4.78 is 0. The first kappa shape index (κ1) is 36.9. The molecule has 0 spiro atoms. The second kappa shape index (κ2) is 31.4. The molecule has 1 N–H and O–H groups in total. The summed E-state index contributed by atoms with van der Waals surface area (Å²) in [6.45, 7) is 9.47. The van der Waals surface area contributed by atoms with Crippen LogP contribution in [-0.4, -0.2) is 35.2 Å². The maximum absolute atomic E-state index is 9.53. The van der Waals surface area contributed by atoms with Gasteiger partial charge in [-0.2, -0.15) is 0 Å². The Labute approximate surface area is 140 Å². The fourth-order valence-corrected chi connectivity index (χ4v) is 0. The Bertz CT molecular complexity index is 177. The van der Waals surface area contributed by atoms with Crippen LogP contribution in [-0.2, 0) is 36.1 Å². The zero-order chi connectivity index (χ0) is 17.9. The Kier molecular flexibility index (Phi) is 55.2. The van der Waals surface area contributed by atoms with Crippen LogP contribution in [0.25, 0.3) is 0 Å². The van der Waals surface area contributed by atoms with Gasteiger partial charge in [0.15, 0.2) is 0 Å². The van der Waals surface area contributed by atoms with E-state index >= 15 is 0 Å². The van der Waals surface area contributed by atoms with Crippen molar-refractivity contribution in [3.8, 4) is 0 Å². The predicted molar refractivity (Wildman–Crippen MR) is 64.9 cm³/mol. The Morgan fingerprint density at radius 1 is 0.762 bits per heavy atom. The van der Waals surface area contributed by atoms with Gasteiger partial charge in [0.25, 0.3) is 5.97 Å². The molecule has 0 aliphatic rings. The van der Waals surface area contributed by atoms with Gasteiger partial charge < -0.3 is 35.1 Å². The molecule has 0 radical (unpaired) electrons. The van der Waals surface area contributed by atoms with Crippen LogP contribution in [0.5, 0.6) is 0 Å². The molecule has 124 valence electrons. The summed E-state index contributed by atoms with van der Waals surface area (Å²) in [5.41, 5.74) is 0. The molecule has 0 saturated heterocycles. The zero-order valence-electron chi connectivity index (χ0n) is 13.5. The van der Waals surface area contributed by atoms with Crippen LogP contribution >= 0.6 is 0 Å². The van der Waals surface area contributed by atoms with Gasteiger partial charge in [-0.1, -0.05) is 27.7 Å². The fraction of sp³-hybridized carbons (Fsp3) is 0.750. The topological polar surface area (TPSA) is 164 Å². The van der Waals surface area contributed by atoms with Gasteiger partial charge in [-0.05, 0) is 13.8 Å². The molecule has 0 amide bonds. The number of carbonyl (C=O) groups excluding carboxylic acids is 2. The second-order valence-corrected chi connectivity index (χ2v) is 3.60. The molecule has 0 heterocycles. The third-order valence-corrected chi connectivity index (χ3v) is 0. The molecule has 0 fully saturated rings. The smallest absolute Gasteiger partial charge is 0.852 e. The van der Waals surface area contributed by atoms with Crippen LogP contribution < -0.4 is 20.4 Å². The van der Waals surface area contributed by atoms with Crippen molar-refractivity contribution in [2.75, 3.05) is 0 Å². The summed E-state index contributed by atoms with van der Waals surface area (Å²) in [6.07, 6.45) is -0.833. The van der Waals surface area contributed by atoms with E-state index in [0.29, 0.717) is 0 Å². The summed E-state index contributed by atoms with van der Waals surface area (Å²) in [4.78, 5) is 26.8. The third kappa shape index (κ3) is 6060. The molecule has 0 saturated carbocycles. The van der Waals surface area contributed by atoms with Gasteiger partial charge in [0, 0.05) is 18.9 Å². The van der Waals surface area contributed by atoms with Crippen molar-refractivity contribution in [1.29, 1.82) is 0 Å². The SMILES string of the molecule is CC(=O)O.CC(=O)[O-].CC(=O)[O-].CC(C)[O-].CC(C)[O-].[Ti+4]. The average molecular weight is 344 g/mol. The number of carboxylic acid groups (broad SMARTS) is 3. The maximum Gasteiger partial charge on any atom is 4.00 e. The normalized spacial score (nSPS) is 7.00. The number of aliphatic carboxylic acids is 3. The monoisotopic (exact) mass is 344 g/mol. The molecule has 0 rings (SSSR count). The molecule has 0 aromatic carbocycles. The number of carboxylic acids is 3. The summed E-state index contributed by atoms with van der Waals surface area (Å²) in [5, 5.41) is 44.3. The fourth-order valence-electron chi connectivity index (χ4n) is 0. The number of rotatable bonds is 0. The van der Waals surface area contributed by atoms with Crippen molar-refractivity contribution < 1.29 is 61.6 Å². The quantitative estimate of drug-likeness (QED) is 0.458. The maximum atomic E-state index is 9.53. The Morgan fingerprint density at radius 2 is 0.762 bits per heavy atom. The van der Waals surface area contributed by atoms with Gasteiger partial charge in [-0.15, -0.1) is 12.2 Å². The zero-order valence-corrected chi connectivity index (χ0v) is 15.0. The van der Waals surface area contributed by atoms with Crippen molar-refractivity contribution in [3.63, 3.8) is 0 Å². The van der Waals surface area contributed by atoms with Crippen molar-refractivity contribution >= 4 is 17.9 Å². The molecular weight excluding hydrogens is 320 g/mol. The minimum atomic E-state index is -1.08. The van der Waals surface area contributed by atoms with Gasteiger partial charge in [0.1, 0.15) is 0 Å². The molecule has 0 aliphatic carbocycles. The molecule has 0 atom stereocenters. The van der Waals surface area contributed by atoms with Crippen molar-refractivity contribution in [2.45, 2.75) is 60.7 Å². The molecule has 0 aliphatic heterocycles. The standard InChI is InChI=1S/2C3H7O.3C2H4O2.Ti/c2*1-3(2)4;3*1-2(3)4;/h2*3H,1-2H3;3*1H3,(H,3,4);/q2*-1;;;;+4/p-2. The molecule has 0 bridgehead atoms. The van der Waals surface area contributed by atoms with E-state index in [1.165, 1.54) is 0 Å². The Hall–Kier alpha value is -0.956. The molecule has 0 unspecified atom stereocenters. The first-order valence-corrected chi connectivity index (χ1v) is 5.53. The van der Waals surface area contributed by atoms with Crippen molar-refractivity contribution in [1.82, 2.24) is 0 Å². The minimum absolute atomic E-state index is 0. The third-order valence-electron chi connectivity index (χ3n) is 0. The van der Waals surface area contributed by atoms with Crippen molar-refractivity contribution in [2.24, 2.45) is 0 Å². The van der Waals surface area contributed by atoms with Gasteiger partial charge >= 0.3 is 21.7 Å². The van der Waals surface area contributed by atoms with Crippen LogP contribution in [0, 0.1) is 0 Å². The van der Waals surface area contributed by atoms with E-state index < -0.39 is 30.1 Å². The molecule has 9 heteroatoms. The molecular formula is C12H24O8Ti. The first-order chi connectivity index (χ1) is 8.66. The predicted octanol–water partition coefficient (Wildman–Crippen LogP) is -2.89. The van der Waals surface area contributed by atoms with Gasteiger partial charge in [-0.3, -0.25) is 4.79 Å². The van der Waals surface area contributed by atoms with E-state index in [1.807, 2.05) is 0 Å². The van der Waals surface area contributed by atoms with Gasteiger partial charge in [-0.25, -0.2) is 0 Å². The number of carbonyl (C=O) groups is 3. The molecule has 0 aromatic rings. The average Bonchev–Trinajstić information content (AvgIpc) is 1.94. The summed E-state index contributed by atoms with van der Waals surface area (Å²) in [5.74, 6) is -3.00. The van der Waals surface area contributed by atoms with Crippen LogP contribution in [0.1, 0.15) is 48.5 Å². The summed E-state index contributed by atoms with van der Waals surface area (Å²) in [7, 11) is 0. The van der Waals surface area contributed by atoms with Crippen LogP contribution in [0.4, 0.5) is 0 Å². The minimum Gasteiger partial charge on any atom is -0.852 e. The number of hydrogen-bond acceptors (Lipinski definition) is 7. The Morgan fingerprint density at radius 3 is 0.762 bits per heavy atom. The van der Waals surface area contributed by atoms with E-state index in [9.17, 15) is 10.2 Å². The molecule has 21 heavy (non-hydrogen) atoms. The number of hydrogen-bond donors (Lipinski definition) is 1. The van der Waals surface area contributed by atoms with Crippen LogP contribution in [0.15, 0.2) is 0 Å². The molecule has 0 aromatic heterocycles. The van der Waals surface area contributed by atoms with Crippen molar-refractivity contribution in [3.05, 3.63) is 0 Å². The van der Waals surface area contributed by atoms with E-state index in [-0.39, 0.29) is 21.7 Å². The van der Waals surface area contributed by atoms with E-state index in [4.69, 9.17) is 29.7 Å².